The molecule has 6 nitrogen and oxygen atoms in total. The van der Waals surface area contributed by atoms with Crippen molar-refractivity contribution in [2.45, 2.75) is 13.5 Å². The molecule has 0 unspecified atom stereocenters. The number of hydrogen-bond donors (Lipinski definition) is 3. The lowest BCUT2D eigenvalue weighted by Crippen LogP contribution is -2.20. The Kier molecular flexibility index (Phi) is 8.12. The van der Waals surface area contributed by atoms with E-state index in [1.54, 1.807) is 18.2 Å². The van der Waals surface area contributed by atoms with Crippen LogP contribution in [0.2, 0.25) is 10.0 Å². The number of ether oxygens (including phenoxy) is 2. The molecule has 0 radical (unpaired) electrons. The normalized spacial score (nSPS) is 10.5. The molecule has 3 N–H and O–H groups in total. The molecule has 3 aromatic carbocycles. The average molecular weight is 540 g/mol. The standard InChI is InChI=1S/C23H21BrCl2N2O4/c1-13-3-5-15(6-4-13)28-21(29)12-32-23-17(24)7-14(8-20(23)31-2)11-27-16-9-18(25)22(30)19(26)10-16/h3-10,27,30H,11-12H2,1-2H3,(H,28,29). The molecule has 0 saturated heterocycles. The summed E-state index contributed by atoms with van der Waals surface area (Å²) in [4.78, 5) is 12.2. The molecule has 3 rings (SSSR count). The molecule has 9 heteroatoms. The monoisotopic (exact) mass is 538 g/mol. The fourth-order valence-electron chi connectivity index (χ4n) is 2.86. The lowest BCUT2D eigenvalue weighted by atomic mass is 10.2. The van der Waals surface area contributed by atoms with Gasteiger partial charge in [0.1, 0.15) is 0 Å². The van der Waals surface area contributed by atoms with Gasteiger partial charge >= 0.3 is 0 Å². The van der Waals surface area contributed by atoms with E-state index in [4.69, 9.17) is 32.7 Å². The number of amides is 1. The summed E-state index contributed by atoms with van der Waals surface area (Å²) in [6.07, 6.45) is 0. The molecule has 0 heterocycles. The van der Waals surface area contributed by atoms with Gasteiger partial charge in [0.05, 0.1) is 21.6 Å². The first-order valence-electron chi connectivity index (χ1n) is 9.54. The van der Waals surface area contributed by atoms with E-state index in [0.717, 1.165) is 11.1 Å². The molecule has 0 aliphatic rings. The number of carbonyl (C=O) groups excluding carboxylic acids is 1. The van der Waals surface area contributed by atoms with Crippen LogP contribution >= 0.6 is 39.1 Å². The number of phenols is 1. The summed E-state index contributed by atoms with van der Waals surface area (Å²) in [7, 11) is 1.53. The van der Waals surface area contributed by atoms with Crippen molar-refractivity contribution in [1.29, 1.82) is 0 Å². The zero-order valence-corrected chi connectivity index (χ0v) is 20.4. The molecule has 0 atom stereocenters. The van der Waals surface area contributed by atoms with Crippen molar-refractivity contribution in [2.75, 3.05) is 24.4 Å². The van der Waals surface area contributed by atoms with Crippen molar-refractivity contribution in [3.63, 3.8) is 0 Å². The van der Waals surface area contributed by atoms with Gasteiger partial charge in [-0.3, -0.25) is 4.79 Å². The molecular weight excluding hydrogens is 519 g/mol. The van der Waals surface area contributed by atoms with Crippen LogP contribution in [-0.4, -0.2) is 24.7 Å². The minimum absolute atomic E-state index is 0.156. The smallest absolute Gasteiger partial charge is 0.262 e. The van der Waals surface area contributed by atoms with Crippen LogP contribution in [0.5, 0.6) is 17.2 Å². The molecule has 0 aliphatic carbocycles. The van der Waals surface area contributed by atoms with Crippen molar-refractivity contribution < 1.29 is 19.4 Å². The lowest BCUT2D eigenvalue weighted by molar-refractivity contribution is -0.118. The van der Waals surface area contributed by atoms with E-state index in [1.165, 1.54) is 7.11 Å². The number of benzene rings is 3. The summed E-state index contributed by atoms with van der Waals surface area (Å²) in [6.45, 7) is 2.23. The van der Waals surface area contributed by atoms with Crippen LogP contribution in [0.4, 0.5) is 11.4 Å². The molecule has 0 fully saturated rings. The van der Waals surface area contributed by atoms with Crippen molar-refractivity contribution >= 4 is 56.4 Å². The number of anilines is 2. The summed E-state index contributed by atoms with van der Waals surface area (Å²) >= 11 is 15.4. The van der Waals surface area contributed by atoms with Gasteiger partial charge in [0.25, 0.3) is 5.91 Å². The number of aromatic hydroxyl groups is 1. The van der Waals surface area contributed by atoms with Gasteiger partial charge in [0, 0.05) is 17.9 Å². The third-order valence-corrected chi connectivity index (χ3v) is 5.65. The Bertz CT molecular complexity index is 1100. The first-order chi connectivity index (χ1) is 15.3. The quantitative estimate of drug-likeness (QED) is 0.288. The number of phenolic OH excluding ortho intramolecular Hbond substituents is 1. The van der Waals surface area contributed by atoms with Gasteiger partial charge in [0.15, 0.2) is 23.9 Å². The largest absolute Gasteiger partial charge is 0.505 e. The molecule has 0 spiro atoms. The number of halogens is 3. The molecule has 168 valence electrons. The zero-order valence-electron chi connectivity index (χ0n) is 17.3. The number of carbonyl (C=O) groups is 1. The van der Waals surface area contributed by atoms with Crippen LogP contribution in [0.15, 0.2) is 53.0 Å². The average Bonchev–Trinajstić information content (AvgIpc) is 2.76. The highest BCUT2D eigenvalue weighted by Gasteiger charge is 2.14. The minimum atomic E-state index is -0.283. The van der Waals surface area contributed by atoms with Crippen molar-refractivity contribution in [1.82, 2.24) is 0 Å². The molecule has 32 heavy (non-hydrogen) atoms. The van der Waals surface area contributed by atoms with Crippen molar-refractivity contribution in [3.8, 4) is 17.2 Å². The number of hydrogen-bond acceptors (Lipinski definition) is 5. The van der Waals surface area contributed by atoms with Crippen molar-refractivity contribution in [3.05, 3.63) is 74.2 Å². The van der Waals surface area contributed by atoms with Gasteiger partial charge in [-0.05, 0) is 64.8 Å². The van der Waals surface area contributed by atoms with E-state index in [9.17, 15) is 9.90 Å². The highest BCUT2D eigenvalue weighted by molar-refractivity contribution is 9.10. The third kappa shape index (κ3) is 6.22. The summed E-state index contributed by atoms with van der Waals surface area (Å²) < 4.78 is 11.8. The van der Waals surface area contributed by atoms with Crippen LogP contribution in [0.25, 0.3) is 0 Å². The van der Waals surface area contributed by atoms with Crippen LogP contribution in [0.1, 0.15) is 11.1 Å². The summed E-state index contributed by atoms with van der Waals surface area (Å²) in [5.41, 5.74) is 3.34. The second-order valence-electron chi connectivity index (χ2n) is 6.95. The minimum Gasteiger partial charge on any atom is -0.505 e. The first-order valence-corrected chi connectivity index (χ1v) is 11.1. The Labute approximate surface area is 204 Å². The Hall–Kier alpha value is -2.61. The van der Waals surface area contributed by atoms with Gasteiger partial charge < -0.3 is 25.2 Å². The maximum Gasteiger partial charge on any atom is 0.262 e. The first kappa shape index (κ1) is 24.0. The number of aryl methyl sites for hydroxylation is 1. The van der Waals surface area contributed by atoms with Crippen molar-refractivity contribution in [2.24, 2.45) is 0 Å². The molecule has 3 aromatic rings. The van der Waals surface area contributed by atoms with Gasteiger partial charge in [-0.1, -0.05) is 40.9 Å². The van der Waals surface area contributed by atoms with E-state index in [-0.39, 0.29) is 28.3 Å². The Morgan fingerprint density at radius 2 is 1.72 bits per heavy atom. The SMILES string of the molecule is COc1cc(CNc2cc(Cl)c(O)c(Cl)c2)cc(Br)c1OCC(=O)Nc1ccc(C)cc1. The molecule has 0 saturated carbocycles. The lowest BCUT2D eigenvalue weighted by Gasteiger charge is -2.15. The summed E-state index contributed by atoms with van der Waals surface area (Å²) in [5, 5.41) is 16.0. The zero-order chi connectivity index (χ0) is 23.3. The second kappa shape index (κ2) is 10.8. The maximum atomic E-state index is 12.2. The maximum absolute atomic E-state index is 12.2. The Balaban J connectivity index is 1.65. The Morgan fingerprint density at radius 3 is 2.34 bits per heavy atom. The second-order valence-corrected chi connectivity index (χ2v) is 8.62. The van der Waals surface area contributed by atoms with E-state index in [0.29, 0.717) is 33.9 Å². The van der Waals surface area contributed by atoms with E-state index in [1.807, 2.05) is 37.3 Å². The van der Waals surface area contributed by atoms with Gasteiger partial charge in [0.2, 0.25) is 0 Å². The highest BCUT2D eigenvalue weighted by Crippen LogP contribution is 2.38. The van der Waals surface area contributed by atoms with Gasteiger partial charge in [-0.25, -0.2) is 0 Å². The van der Waals surface area contributed by atoms with E-state index in [2.05, 4.69) is 26.6 Å². The van der Waals surface area contributed by atoms with E-state index >= 15 is 0 Å². The fraction of sp³-hybridized carbons (Fsp3) is 0.174. The molecular formula is C23H21BrCl2N2O4. The molecule has 0 bridgehead atoms. The predicted octanol–water partition coefficient (Wildman–Crippen LogP) is 6.41. The Morgan fingerprint density at radius 1 is 1.06 bits per heavy atom. The van der Waals surface area contributed by atoms with E-state index < -0.39 is 0 Å². The predicted molar refractivity (Wildman–Crippen MR) is 131 cm³/mol. The summed E-state index contributed by atoms with van der Waals surface area (Å²) in [5.74, 6) is 0.456. The topological polar surface area (TPSA) is 79.8 Å². The summed E-state index contributed by atoms with van der Waals surface area (Å²) in [6, 6.07) is 14.3. The molecule has 0 aliphatic heterocycles. The number of nitrogens with one attached hydrogen (secondary N) is 2. The van der Waals surface area contributed by atoms with Gasteiger partial charge in [-0.15, -0.1) is 0 Å². The fourth-order valence-corrected chi connectivity index (χ4v) is 3.95. The van der Waals surface area contributed by atoms with Crippen LogP contribution < -0.4 is 20.1 Å². The number of rotatable bonds is 8. The van der Waals surface area contributed by atoms with Crippen LogP contribution in [-0.2, 0) is 11.3 Å². The highest BCUT2D eigenvalue weighted by atomic mass is 79.9. The third-order valence-electron chi connectivity index (χ3n) is 4.49. The van der Waals surface area contributed by atoms with Crippen LogP contribution in [0.3, 0.4) is 0 Å². The molecule has 0 aromatic heterocycles. The molecule has 1 amide bonds. The van der Waals surface area contributed by atoms with Crippen LogP contribution in [0, 0.1) is 6.92 Å². The van der Waals surface area contributed by atoms with Gasteiger partial charge in [-0.2, -0.15) is 0 Å². The number of methoxy groups -OCH3 is 1.